The molecule has 2 amide bonds. The van der Waals surface area contributed by atoms with Gasteiger partial charge in [0, 0.05) is 35.3 Å². The molecule has 194 valence electrons. The van der Waals surface area contributed by atoms with E-state index in [0.717, 1.165) is 11.1 Å². The van der Waals surface area contributed by atoms with Crippen molar-refractivity contribution in [2.75, 3.05) is 36.2 Å². The molecule has 4 heterocycles. The SMILES string of the molecule is COc1ccc2ncc(F)c(CNC[C@H](O)[C@@H](O)C3CN(c4ccc5c(c4)NC(=O)CS5)C(=O)O3)c2n1. The molecule has 1 fully saturated rings. The van der Waals surface area contributed by atoms with E-state index in [4.69, 9.17) is 9.47 Å². The number of hydrogen-bond donors (Lipinski definition) is 4. The lowest BCUT2D eigenvalue weighted by molar-refractivity contribution is -0.113. The Hall–Kier alpha value is -3.52. The first kappa shape index (κ1) is 25.1. The predicted molar refractivity (Wildman–Crippen MR) is 133 cm³/mol. The third-order valence-electron chi connectivity index (χ3n) is 6.12. The predicted octanol–water partition coefficient (Wildman–Crippen LogP) is 1.66. The second kappa shape index (κ2) is 10.5. The van der Waals surface area contributed by atoms with Crippen molar-refractivity contribution in [2.45, 2.75) is 29.8 Å². The van der Waals surface area contributed by atoms with Gasteiger partial charge in [0.05, 0.1) is 42.9 Å². The molecule has 0 bridgehead atoms. The number of anilines is 2. The van der Waals surface area contributed by atoms with Gasteiger partial charge in [-0.2, -0.15) is 0 Å². The van der Waals surface area contributed by atoms with Crippen LogP contribution in [0.5, 0.6) is 5.88 Å². The minimum Gasteiger partial charge on any atom is -0.481 e. The summed E-state index contributed by atoms with van der Waals surface area (Å²) in [6.07, 6.45) is -3.28. The molecule has 3 atom stereocenters. The number of pyridine rings is 2. The van der Waals surface area contributed by atoms with Gasteiger partial charge in [-0.05, 0) is 24.3 Å². The minimum absolute atomic E-state index is 0.00420. The van der Waals surface area contributed by atoms with E-state index in [0.29, 0.717) is 34.0 Å². The highest BCUT2D eigenvalue weighted by Crippen LogP contribution is 2.35. The van der Waals surface area contributed by atoms with E-state index < -0.39 is 30.2 Å². The van der Waals surface area contributed by atoms with E-state index in [1.165, 1.54) is 23.8 Å². The quantitative estimate of drug-likeness (QED) is 0.340. The fraction of sp³-hybridized carbons (Fsp3) is 0.333. The number of methoxy groups -OCH3 is 1. The smallest absolute Gasteiger partial charge is 0.414 e. The van der Waals surface area contributed by atoms with Gasteiger partial charge in [-0.25, -0.2) is 14.2 Å². The van der Waals surface area contributed by atoms with Gasteiger partial charge >= 0.3 is 6.09 Å². The first-order valence-corrected chi connectivity index (χ1v) is 12.4. The van der Waals surface area contributed by atoms with Crippen LogP contribution in [0.25, 0.3) is 11.0 Å². The zero-order valence-electron chi connectivity index (χ0n) is 19.7. The molecule has 37 heavy (non-hydrogen) atoms. The van der Waals surface area contributed by atoms with E-state index in [2.05, 4.69) is 20.6 Å². The van der Waals surface area contributed by atoms with E-state index in [1.807, 2.05) is 0 Å². The van der Waals surface area contributed by atoms with Crippen LogP contribution in [-0.2, 0) is 16.1 Å². The van der Waals surface area contributed by atoms with E-state index in [9.17, 15) is 24.2 Å². The van der Waals surface area contributed by atoms with Gasteiger partial charge in [-0.1, -0.05) is 0 Å². The summed E-state index contributed by atoms with van der Waals surface area (Å²) in [5, 5.41) is 26.9. The van der Waals surface area contributed by atoms with Gasteiger partial charge in [0.1, 0.15) is 17.4 Å². The highest BCUT2D eigenvalue weighted by Gasteiger charge is 2.39. The number of carbonyl (C=O) groups is 2. The number of rotatable bonds is 8. The maximum Gasteiger partial charge on any atom is 0.414 e. The number of nitrogens with one attached hydrogen (secondary N) is 2. The van der Waals surface area contributed by atoms with Crippen molar-refractivity contribution in [3.8, 4) is 5.88 Å². The molecule has 2 aliphatic heterocycles. The number of benzene rings is 1. The van der Waals surface area contributed by atoms with Gasteiger partial charge in [-0.15, -0.1) is 11.8 Å². The lowest BCUT2D eigenvalue weighted by atomic mass is 10.1. The Morgan fingerprint density at radius 2 is 2.16 bits per heavy atom. The van der Waals surface area contributed by atoms with Gasteiger partial charge in [0.15, 0.2) is 6.10 Å². The molecule has 1 saturated heterocycles. The van der Waals surface area contributed by atoms with Crippen molar-refractivity contribution >= 4 is 46.2 Å². The summed E-state index contributed by atoms with van der Waals surface area (Å²) in [6.45, 7) is -0.0982. The first-order valence-electron chi connectivity index (χ1n) is 11.4. The molecule has 2 aromatic heterocycles. The fourth-order valence-corrected chi connectivity index (χ4v) is 4.97. The molecule has 3 aromatic rings. The largest absolute Gasteiger partial charge is 0.481 e. The van der Waals surface area contributed by atoms with E-state index >= 15 is 0 Å². The first-order chi connectivity index (χ1) is 17.8. The molecule has 2 aliphatic rings. The number of hydrogen-bond acceptors (Lipinski definition) is 10. The third kappa shape index (κ3) is 5.16. The number of amides is 2. The van der Waals surface area contributed by atoms with Crippen LogP contribution in [0.4, 0.5) is 20.6 Å². The lowest BCUT2D eigenvalue weighted by Crippen LogP contribution is -2.44. The van der Waals surface area contributed by atoms with Crippen LogP contribution in [0.15, 0.2) is 41.4 Å². The van der Waals surface area contributed by atoms with Crippen molar-refractivity contribution in [1.82, 2.24) is 15.3 Å². The molecule has 0 aliphatic carbocycles. The van der Waals surface area contributed by atoms with Crippen molar-refractivity contribution in [1.29, 1.82) is 0 Å². The molecular formula is C24H24FN5O6S. The molecular weight excluding hydrogens is 505 g/mol. The van der Waals surface area contributed by atoms with Crippen molar-refractivity contribution in [3.63, 3.8) is 0 Å². The molecule has 1 unspecified atom stereocenters. The van der Waals surface area contributed by atoms with Gasteiger partial charge in [-0.3, -0.25) is 14.7 Å². The van der Waals surface area contributed by atoms with Gasteiger partial charge < -0.3 is 30.3 Å². The number of halogens is 1. The van der Waals surface area contributed by atoms with Crippen LogP contribution < -0.4 is 20.3 Å². The third-order valence-corrected chi connectivity index (χ3v) is 7.20. The van der Waals surface area contributed by atoms with Gasteiger partial charge in [0.25, 0.3) is 0 Å². The zero-order chi connectivity index (χ0) is 26.1. The highest BCUT2D eigenvalue weighted by molar-refractivity contribution is 8.00. The maximum absolute atomic E-state index is 14.5. The van der Waals surface area contributed by atoms with Crippen LogP contribution >= 0.6 is 11.8 Å². The maximum atomic E-state index is 14.5. The number of fused-ring (bicyclic) bond motifs is 2. The molecule has 11 nitrogen and oxygen atoms in total. The number of aliphatic hydroxyl groups excluding tert-OH is 2. The molecule has 0 radical (unpaired) electrons. The summed E-state index contributed by atoms with van der Waals surface area (Å²) in [4.78, 5) is 34.7. The van der Waals surface area contributed by atoms with Crippen molar-refractivity contribution in [2.24, 2.45) is 0 Å². The zero-order valence-corrected chi connectivity index (χ0v) is 20.5. The summed E-state index contributed by atoms with van der Waals surface area (Å²) in [5.41, 5.74) is 2.14. The Labute approximate surface area is 215 Å². The van der Waals surface area contributed by atoms with Crippen molar-refractivity contribution in [3.05, 3.63) is 47.9 Å². The summed E-state index contributed by atoms with van der Waals surface area (Å²) in [6, 6.07) is 8.49. The topological polar surface area (TPSA) is 146 Å². The van der Waals surface area contributed by atoms with Crippen molar-refractivity contribution < 1.29 is 33.7 Å². The van der Waals surface area contributed by atoms with Crippen LogP contribution in [0.2, 0.25) is 0 Å². The summed E-state index contributed by atoms with van der Waals surface area (Å²) >= 11 is 1.40. The van der Waals surface area contributed by atoms with Crippen LogP contribution in [-0.4, -0.2) is 76.4 Å². The average Bonchev–Trinajstić information content (AvgIpc) is 3.29. The monoisotopic (exact) mass is 529 g/mol. The molecule has 0 spiro atoms. The summed E-state index contributed by atoms with van der Waals surface area (Å²) < 4.78 is 24.9. The number of thioether (sulfide) groups is 1. The number of carbonyl (C=O) groups excluding carboxylic acids is 2. The second-order valence-corrected chi connectivity index (χ2v) is 9.56. The Kier molecular flexibility index (Phi) is 7.11. The Bertz CT molecular complexity index is 1360. The molecule has 13 heteroatoms. The average molecular weight is 530 g/mol. The molecule has 5 rings (SSSR count). The van der Waals surface area contributed by atoms with Gasteiger partial charge in [0.2, 0.25) is 11.8 Å². The lowest BCUT2D eigenvalue weighted by Gasteiger charge is -2.23. The van der Waals surface area contributed by atoms with Crippen LogP contribution in [0.3, 0.4) is 0 Å². The van der Waals surface area contributed by atoms with Crippen LogP contribution in [0, 0.1) is 5.82 Å². The minimum atomic E-state index is -1.40. The number of aromatic nitrogens is 2. The number of cyclic esters (lactones) is 1. The Morgan fingerprint density at radius 3 is 2.97 bits per heavy atom. The molecule has 1 aromatic carbocycles. The second-order valence-electron chi connectivity index (χ2n) is 8.55. The summed E-state index contributed by atoms with van der Waals surface area (Å²) in [7, 11) is 1.45. The van der Waals surface area contributed by atoms with Crippen LogP contribution in [0.1, 0.15) is 5.56 Å². The van der Waals surface area contributed by atoms with E-state index in [1.54, 1.807) is 30.3 Å². The Balaban J connectivity index is 1.21. The number of aliphatic hydroxyl groups is 2. The summed E-state index contributed by atoms with van der Waals surface area (Å²) in [5.74, 6) is -0.0651. The molecule has 0 saturated carbocycles. The van der Waals surface area contributed by atoms with E-state index in [-0.39, 0.29) is 31.1 Å². The Morgan fingerprint density at radius 1 is 1.32 bits per heavy atom. The normalized spacial score (nSPS) is 18.8. The standard InChI is InChI=1S/C24H24FN5O6S/c1-35-21-5-3-15-22(29-21)13(14(25)8-27-15)7-26-9-17(31)23(33)18-10-30(24(34)36-18)12-2-4-19-16(6-12)28-20(32)11-37-19/h2-6,8,17-18,23,26,31,33H,7,9-11H2,1H3,(H,28,32)/t17-,18?,23+/m0/s1. The fourth-order valence-electron chi connectivity index (χ4n) is 4.19. The molecule has 4 N–H and O–H groups in total. The highest BCUT2D eigenvalue weighted by atomic mass is 32.2. The number of nitrogens with zero attached hydrogens (tertiary/aromatic N) is 3. The number of ether oxygens (including phenoxy) is 2.